The normalized spacial score (nSPS) is 11.3. The highest BCUT2D eigenvalue weighted by atomic mass is 35.5. The number of non-ortho nitro benzene ring substituents is 1. The van der Waals surface area contributed by atoms with Gasteiger partial charge < -0.3 is 15.4 Å². The van der Waals surface area contributed by atoms with Crippen LogP contribution in [0.1, 0.15) is 13.8 Å². The van der Waals surface area contributed by atoms with E-state index in [1.165, 1.54) is 37.6 Å². The molecule has 168 valence electrons. The molecule has 0 saturated carbocycles. The Morgan fingerprint density at radius 2 is 1.84 bits per heavy atom. The van der Waals surface area contributed by atoms with Crippen molar-refractivity contribution in [1.29, 1.82) is 0 Å². The molecule has 1 heterocycles. The van der Waals surface area contributed by atoms with Gasteiger partial charge in [0.2, 0.25) is 5.95 Å². The van der Waals surface area contributed by atoms with E-state index >= 15 is 0 Å². The third kappa shape index (κ3) is 4.89. The van der Waals surface area contributed by atoms with E-state index in [9.17, 15) is 18.5 Å². The van der Waals surface area contributed by atoms with E-state index in [4.69, 9.17) is 16.3 Å². The summed E-state index contributed by atoms with van der Waals surface area (Å²) in [5.74, 6) is 0.519. The van der Waals surface area contributed by atoms with Crippen molar-refractivity contribution in [3.63, 3.8) is 0 Å². The average Bonchev–Trinajstić information content (AvgIpc) is 2.76. The molecule has 0 saturated heterocycles. The molecule has 0 aliphatic carbocycles. The lowest BCUT2D eigenvalue weighted by Gasteiger charge is -2.15. The highest BCUT2D eigenvalue weighted by molar-refractivity contribution is 7.92. The number of anilines is 4. The Kier molecular flexibility index (Phi) is 6.80. The Bertz CT molecular complexity index is 1270. The fourth-order valence-corrected chi connectivity index (χ4v) is 4.07. The molecule has 0 unspecified atom stereocenters. The number of nitro benzene ring substituents is 1. The van der Waals surface area contributed by atoms with Gasteiger partial charge in [0.15, 0.2) is 15.7 Å². The van der Waals surface area contributed by atoms with Gasteiger partial charge in [0, 0.05) is 6.07 Å². The van der Waals surface area contributed by atoms with E-state index in [-0.39, 0.29) is 33.1 Å². The van der Waals surface area contributed by atoms with Gasteiger partial charge in [-0.2, -0.15) is 4.98 Å². The van der Waals surface area contributed by atoms with E-state index in [0.717, 1.165) is 0 Å². The predicted molar refractivity (Wildman–Crippen MR) is 122 cm³/mol. The summed E-state index contributed by atoms with van der Waals surface area (Å²) in [5, 5.41) is 16.4. The molecular formula is C20H20ClN5O5S. The summed E-state index contributed by atoms with van der Waals surface area (Å²) in [6, 6.07) is 10.5. The van der Waals surface area contributed by atoms with Crippen molar-refractivity contribution in [2.45, 2.75) is 24.0 Å². The third-order valence-corrected chi connectivity index (χ3v) is 6.94. The van der Waals surface area contributed by atoms with E-state index < -0.39 is 20.0 Å². The van der Waals surface area contributed by atoms with Crippen molar-refractivity contribution in [3.05, 3.63) is 63.8 Å². The van der Waals surface area contributed by atoms with Crippen LogP contribution in [0.15, 0.2) is 53.6 Å². The predicted octanol–water partition coefficient (Wildman–Crippen LogP) is 4.72. The van der Waals surface area contributed by atoms with Crippen LogP contribution in [0, 0.1) is 10.1 Å². The lowest BCUT2D eigenvalue weighted by Crippen LogP contribution is -2.15. The van der Waals surface area contributed by atoms with E-state index in [1.54, 1.807) is 32.0 Å². The highest BCUT2D eigenvalue weighted by Crippen LogP contribution is 2.33. The van der Waals surface area contributed by atoms with E-state index in [1.807, 2.05) is 0 Å². The number of sulfone groups is 1. The van der Waals surface area contributed by atoms with Crippen LogP contribution < -0.4 is 15.4 Å². The van der Waals surface area contributed by atoms with Crippen LogP contribution in [0.25, 0.3) is 0 Å². The summed E-state index contributed by atoms with van der Waals surface area (Å²) in [6.45, 7) is 3.20. The molecule has 0 bridgehead atoms. The van der Waals surface area contributed by atoms with Crippen LogP contribution in [-0.4, -0.2) is 35.7 Å². The minimum absolute atomic E-state index is 0.119. The zero-order chi connectivity index (χ0) is 23.5. The largest absolute Gasteiger partial charge is 0.494 e. The number of para-hydroxylation sites is 1. The molecule has 10 nitrogen and oxygen atoms in total. The molecule has 1 aromatic heterocycles. The summed E-state index contributed by atoms with van der Waals surface area (Å²) >= 11 is 6.23. The minimum atomic E-state index is -3.56. The van der Waals surface area contributed by atoms with Crippen molar-refractivity contribution < 1.29 is 18.1 Å². The zero-order valence-corrected chi connectivity index (χ0v) is 18.9. The molecule has 0 amide bonds. The molecular weight excluding hydrogens is 458 g/mol. The molecule has 32 heavy (non-hydrogen) atoms. The van der Waals surface area contributed by atoms with Gasteiger partial charge >= 0.3 is 0 Å². The summed E-state index contributed by atoms with van der Waals surface area (Å²) in [6.07, 6.45) is 1.34. The van der Waals surface area contributed by atoms with Gasteiger partial charge in [-0.3, -0.25) is 10.1 Å². The van der Waals surface area contributed by atoms with Gasteiger partial charge in [0.05, 0.1) is 45.8 Å². The van der Waals surface area contributed by atoms with Gasteiger partial charge in [0.1, 0.15) is 10.8 Å². The molecule has 3 aromatic rings. The van der Waals surface area contributed by atoms with Gasteiger partial charge in [-0.05, 0) is 32.0 Å². The summed E-state index contributed by atoms with van der Waals surface area (Å²) in [5.41, 5.74) is 0.588. The van der Waals surface area contributed by atoms with Crippen molar-refractivity contribution >= 4 is 50.3 Å². The van der Waals surface area contributed by atoms with E-state index in [0.29, 0.717) is 11.4 Å². The van der Waals surface area contributed by atoms with Crippen LogP contribution >= 0.6 is 11.6 Å². The maximum atomic E-state index is 12.7. The number of nitro groups is 1. The van der Waals surface area contributed by atoms with Gasteiger partial charge in [-0.15, -0.1) is 0 Å². The summed E-state index contributed by atoms with van der Waals surface area (Å²) < 4.78 is 30.6. The Labute approximate surface area is 189 Å². The van der Waals surface area contributed by atoms with Crippen LogP contribution in [-0.2, 0) is 9.84 Å². The maximum absolute atomic E-state index is 12.7. The number of ether oxygens (including phenoxy) is 1. The number of aromatic nitrogens is 2. The first-order chi connectivity index (χ1) is 15.1. The SMILES string of the molecule is COc1cc([N+](=O)[O-])ccc1Nc1ncc(Cl)c(Nc2ccccc2S(=O)(=O)C(C)C)n1. The first-order valence-corrected chi connectivity index (χ1v) is 11.3. The average molecular weight is 478 g/mol. The van der Waals surface area contributed by atoms with Crippen LogP contribution in [0.3, 0.4) is 0 Å². The standard InChI is InChI=1S/C20H20ClN5O5S/c1-12(2)32(29,30)18-7-5-4-6-16(18)23-19-14(21)11-22-20(25-19)24-15-9-8-13(26(27)28)10-17(15)31-3/h4-12H,1-3H3,(H2,22,23,24,25). The monoisotopic (exact) mass is 477 g/mol. The topological polar surface area (TPSA) is 136 Å². The highest BCUT2D eigenvalue weighted by Gasteiger charge is 2.23. The number of benzene rings is 2. The fraction of sp³-hybridized carbons (Fsp3) is 0.200. The second-order valence-corrected chi connectivity index (χ2v) is 9.75. The van der Waals surface area contributed by atoms with Crippen molar-refractivity contribution in [1.82, 2.24) is 9.97 Å². The Morgan fingerprint density at radius 3 is 2.50 bits per heavy atom. The molecule has 0 radical (unpaired) electrons. The second-order valence-electron chi connectivity index (χ2n) is 6.87. The molecule has 0 spiro atoms. The van der Waals surface area contributed by atoms with Gasteiger partial charge in [0.25, 0.3) is 5.69 Å². The molecule has 0 fully saturated rings. The van der Waals surface area contributed by atoms with Crippen molar-refractivity contribution in [2.24, 2.45) is 0 Å². The molecule has 0 aliphatic rings. The summed E-state index contributed by atoms with van der Waals surface area (Å²) in [4.78, 5) is 19.0. The lowest BCUT2D eigenvalue weighted by atomic mass is 10.2. The Balaban J connectivity index is 1.95. The molecule has 12 heteroatoms. The summed E-state index contributed by atoms with van der Waals surface area (Å²) in [7, 11) is -2.17. The Morgan fingerprint density at radius 1 is 1.12 bits per heavy atom. The number of methoxy groups -OCH3 is 1. The quantitative estimate of drug-likeness (QED) is 0.348. The molecule has 3 rings (SSSR count). The number of hydrogen-bond donors (Lipinski definition) is 2. The first-order valence-electron chi connectivity index (χ1n) is 9.35. The lowest BCUT2D eigenvalue weighted by molar-refractivity contribution is -0.384. The van der Waals surface area contributed by atoms with E-state index in [2.05, 4.69) is 20.6 Å². The fourth-order valence-electron chi connectivity index (χ4n) is 2.73. The van der Waals surface area contributed by atoms with Crippen LogP contribution in [0.5, 0.6) is 5.75 Å². The van der Waals surface area contributed by atoms with Crippen molar-refractivity contribution in [2.75, 3.05) is 17.7 Å². The number of nitrogens with zero attached hydrogens (tertiary/aromatic N) is 3. The Hall–Kier alpha value is -3.44. The minimum Gasteiger partial charge on any atom is -0.494 e. The molecule has 2 aromatic carbocycles. The zero-order valence-electron chi connectivity index (χ0n) is 17.4. The number of rotatable bonds is 8. The number of halogens is 1. The smallest absolute Gasteiger partial charge is 0.273 e. The van der Waals surface area contributed by atoms with Gasteiger partial charge in [-0.1, -0.05) is 23.7 Å². The van der Waals surface area contributed by atoms with Gasteiger partial charge in [-0.25, -0.2) is 13.4 Å². The second kappa shape index (κ2) is 9.37. The number of nitrogens with one attached hydrogen (secondary N) is 2. The van der Waals surface area contributed by atoms with Crippen LogP contribution in [0.2, 0.25) is 5.02 Å². The number of hydrogen-bond acceptors (Lipinski definition) is 9. The maximum Gasteiger partial charge on any atom is 0.273 e. The van der Waals surface area contributed by atoms with Crippen LogP contribution in [0.4, 0.5) is 28.8 Å². The molecule has 0 atom stereocenters. The first kappa shape index (κ1) is 23.2. The molecule has 2 N–H and O–H groups in total. The molecule has 0 aliphatic heterocycles. The van der Waals surface area contributed by atoms with Crippen molar-refractivity contribution in [3.8, 4) is 5.75 Å². The third-order valence-electron chi connectivity index (χ3n) is 4.45.